The number of aliphatic hydroxyl groups excluding tert-OH is 1. The Morgan fingerprint density at radius 2 is 1.81 bits per heavy atom. The lowest BCUT2D eigenvalue weighted by atomic mass is 9.64. The molecule has 1 spiro atoms. The fourth-order valence-electron chi connectivity index (χ4n) is 8.73. The third kappa shape index (κ3) is 6.53. The third-order valence-electron chi connectivity index (χ3n) is 11.8. The van der Waals surface area contributed by atoms with Gasteiger partial charge in [-0.05, 0) is 111 Å². The van der Waals surface area contributed by atoms with Gasteiger partial charge >= 0.3 is 0 Å². The summed E-state index contributed by atoms with van der Waals surface area (Å²) in [5.74, 6) is 0.788. The number of nitrogens with zero attached hydrogens (tertiary/aromatic N) is 1. The number of hydrogen-bond donors (Lipinski definition) is 2. The number of fused-ring (bicyclic) bond motifs is 4. The normalized spacial score (nSPS) is 35.8. The van der Waals surface area contributed by atoms with Gasteiger partial charge in [0, 0.05) is 35.0 Å². The van der Waals surface area contributed by atoms with Gasteiger partial charge in [0.25, 0.3) is 5.91 Å². The predicted molar refractivity (Wildman–Crippen MR) is 180 cm³/mol. The van der Waals surface area contributed by atoms with Crippen molar-refractivity contribution in [3.05, 3.63) is 58.1 Å². The number of carbonyl (C=O) groups is 1. The fraction of sp³-hybridized carbons (Fsp3) is 0.639. The summed E-state index contributed by atoms with van der Waals surface area (Å²) in [6, 6.07) is 11.5. The van der Waals surface area contributed by atoms with Gasteiger partial charge < -0.3 is 24.2 Å². The fourth-order valence-corrected chi connectivity index (χ4v) is 10.2. The van der Waals surface area contributed by atoms with Gasteiger partial charge in [-0.15, -0.1) is 0 Å². The molecule has 2 aromatic carbocycles. The van der Waals surface area contributed by atoms with Crippen molar-refractivity contribution in [2.45, 2.75) is 88.3 Å². The number of amides is 1. The summed E-state index contributed by atoms with van der Waals surface area (Å²) >= 11 is 6.44. The molecule has 6 atom stereocenters. The van der Waals surface area contributed by atoms with Crippen molar-refractivity contribution in [3.63, 3.8) is 0 Å². The van der Waals surface area contributed by atoms with Crippen LogP contribution >= 0.6 is 11.6 Å². The molecule has 9 nitrogen and oxygen atoms in total. The second-order valence-electron chi connectivity index (χ2n) is 14.7. The van der Waals surface area contributed by atoms with Crippen LogP contribution in [0.15, 0.2) is 36.4 Å². The molecule has 0 radical (unpaired) electrons. The number of carbonyl (C=O) groups excluding carboxylic acids is 1. The van der Waals surface area contributed by atoms with E-state index < -0.39 is 33.6 Å². The molecule has 0 aromatic heterocycles. The Morgan fingerprint density at radius 3 is 2.57 bits per heavy atom. The lowest BCUT2D eigenvalue weighted by Crippen LogP contribution is -2.51. The molecule has 2 aliphatic carbocycles. The Bertz CT molecular complexity index is 1600. The van der Waals surface area contributed by atoms with Crippen molar-refractivity contribution >= 4 is 33.2 Å². The summed E-state index contributed by atoms with van der Waals surface area (Å²) < 4.78 is 48.0. The van der Waals surface area contributed by atoms with Gasteiger partial charge in [-0.1, -0.05) is 31.0 Å². The average molecular weight is 687 g/mol. The van der Waals surface area contributed by atoms with Gasteiger partial charge in [0.05, 0.1) is 30.8 Å². The molecule has 5 aliphatic rings. The molecule has 1 saturated heterocycles. The Balaban J connectivity index is 1.28. The Morgan fingerprint density at radius 1 is 1.00 bits per heavy atom. The second-order valence-corrected chi connectivity index (χ2v) is 17.2. The van der Waals surface area contributed by atoms with E-state index >= 15 is 0 Å². The van der Waals surface area contributed by atoms with Crippen molar-refractivity contribution in [3.8, 4) is 5.75 Å². The highest BCUT2D eigenvalue weighted by molar-refractivity contribution is 7.90. The first kappa shape index (κ1) is 33.1. The molecule has 2 N–H and O–H groups in total. The first-order valence-electron chi connectivity index (χ1n) is 17.3. The number of halogens is 1. The van der Waals surface area contributed by atoms with Crippen molar-refractivity contribution in [2.24, 2.45) is 23.7 Å². The third-order valence-corrected chi connectivity index (χ3v) is 13.9. The molecule has 0 unspecified atom stereocenters. The van der Waals surface area contributed by atoms with Crippen LogP contribution in [0.25, 0.3) is 0 Å². The lowest BCUT2D eigenvalue weighted by molar-refractivity contribution is -0.252. The second kappa shape index (κ2) is 13.2. The van der Waals surface area contributed by atoms with E-state index in [1.54, 1.807) is 13.0 Å². The molecule has 1 saturated carbocycles. The van der Waals surface area contributed by atoms with E-state index in [4.69, 9.17) is 25.8 Å². The Labute approximate surface area is 283 Å². The monoisotopic (exact) mass is 686 g/mol. The smallest absolute Gasteiger partial charge is 0.264 e. The number of hydrogen-bond acceptors (Lipinski definition) is 8. The molecular formula is C36H47ClN2O7S. The van der Waals surface area contributed by atoms with Crippen LogP contribution in [-0.4, -0.2) is 70.0 Å². The largest absolute Gasteiger partial charge is 0.490 e. The minimum atomic E-state index is -3.92. The maximum atomic E-state index is 13.5. The molecule has 2 bridgehead atoms. The molecule has 1 amide bonds. The van der Waals surface area contributed by atoms with Crippen LogP contribution in [0.1, 0.15) is 80.3 Å². The highest BCUT2D eigenvalue weighted by atomic mass is 35.5. The summed E-state index contributed by atoms with van der Waals surface area (Å²) in [7, 11) is -3.92. The highest BCUT2D eigenvalue weighted by Gasteiger charge is 2.46. The zero-order chi connectivity index (χ0) is 32.9. The van der Waals surface area contributed by atoms with Gasteiger partial charge in [-0.25, -0.2) is 13.1 Å². The summed E-state index contributed by atoms with van der Waals surface area (Å²) in [6.45, 7) is 6.12. The molecule has 47 heavy (non-hydrogen) atoms. The molecule has 3 heterocycles. The summed E-state index contributed by atoms with van der Waals surface area (Å²) in [5, 5.41) is 10.1. The maximum absolute atomic E-state index is 13.5. The van der Waals surface area contributed by atoms with Gasteiger partial charge in [0.15, 0.2) is 6.29 Å². The minimum Gasteiger partial charge on any atom is -0.490 e. The molecule has 11 heteroatoms. The van der Waals surface area contributed by atoms with Crippen LogP contribution in [0.3, 0.4) is 0 Å². The van der Waals surface area contributed by atoms with Crippen molar-refractivity contribution in [2.75, 3.05) is 37.8 Å². The number of aryl methyl sites for hydroxylation is 1. The number of ether oxygens (including phenoxy) is 3. The number of aliphatic hydroxyl groups is 1. The van der Waals surface area contributed by atoms with Crippen LogP contribution in [0.2, 0.25) is 5.02 Å². The highest BCUT2D eigenvalue weighted by Crippen LogP contribution is 2.49. The van der Waals surface area contributed by atoms with Crippen molar-refractivity contribution in [1.82, 2.24) is 4.72 Å². The molecule has 2 fully saturated rings. The Hall–Kier alpha value is -2.37. The van der Waals surface area contributed by atoms with E-state index in [0.29, 0.717) is 42.7 Å². The van der Waals surface area contributed by atoms with Crippen LogP contribution in [0, 0.1) is 23.7 Å². The summed E-state index contributed by atoms with van der Waals surface area (Å²) in [6.07, 6.45) is 6.45. The molecule has 256 valence electrons. The average Bonchev–Trinajstić information content (AvgIpc) is 3.18. The van der Waals surface area contributed by atoms with Crippen molar-refractivity contribution in [1.29, 1.82) is 0 Å². The van der Waals surface area contributed by atoms with Crippen LogP contribution < -0.4 is 14.4 Å². The van der Waals surface area contributed by atoms with E-state index in [1.165, 1.54) is 11.1 Å². The van der Waals surface area contributed by atoms with E-state index in [0.717, 1.165) is 62.2 Å². The number of benzene rings is 2. The molecule has 7 rings (SSSR count). The Kier molecular flexibility index (Phi) is 9.28. The SMILES string of the molecule is C[C@@H]1[C@@H](C)CCC[C@@H]([C@H]2OC[C@@H](O)CO2)[C@@H]2CC[C@H]2CN2C[C@@]3(CCCc4cc(Cl)ccc43)COc3ccc(cc32)C(=O)NS1(=O)=O. The van der Waals surface area contributed by atoms with Gasteiger partial charge in [0.1, 0.15) is 11.9 Å². The van der Waals surface area contributed by atoms with E-state index in [9.17, 15) is 18.3 Å². The van der Waals surface area contributed by atoms with E-state index in [1.807, 2.05) is 25.1 Å². The predicted octanol–water partition coefficient (Wildman–Crippen LogP) is 5.46. The molecular weight excluding hydrogens is 640 g/mol. The summed E-state index contributed by atoms with van der Waals surface area (Å²) in [5.41, 5.74) is 3.38. The standard InChI is InChI=1S/C36H47ClN2O7S/c1-22-5-3-7-30(35-44-18-28(40)19-45-35)29-11-8-26(29)17-39-20-36(14-4-6-24-15-27(37)10-12-31(24)36)21-46-33-13-9-25(16-32(33)39)34(41)38-47(42,43)23(22)2/h9-10,12-13,15-16,22-23,26,28-30,35,40H,3-8,11,14,17-21H2,1-2H3,(H,38,41)/t22-,23+,26-,28-,29+,30+,35+,36-/m0/s1. The number of nitrogens with one attached hydrogen (secondary N) is 1. The first-order chi connectivity index (χ1) is 22.5. The van der Waals surface area contributed by atoms with E-state index in [-0.39, 0.29) is 30.5 Å². The molecule has 2 aromatic rings. The quantitative estimate of drug-likeness (QED) is 0.407. The van der Waals surface area contributed by atoms with Crippen molar-refractivity contribution < 1.29 is 32.5 Å². The number of sulfonamides is 1. The maximum Gasteiger partial charge on any atom is 0.264 e. The van der Waals surface area contributed by atoms with Crippen LogP contribution in [0.4, 0.5) is 5.69 Å². The lowest BCUT2D eigenvalue weighted by Gasteiger charge is -2.48. The number of rotatable bonds is 1. The number of anilines is 1. The van der Waals surface area contributed by atoms with Crippen LogP contribution in [-0.2, 0) is 31.3 Å². The van der Waals surface area contributed by atoms with Gasteiger partial charge in [0.2, 0.25) is 10.0 Å². The first-order valence-corrected chi connectivity index (χ1v) is 19.2. The molecule has 3 aliphatic heterocycles. The van der Waals surface area contributed by atoms with Gasteiger partial charge in [-0.3, -0.25) is 4.79 Å². The van der Waals surface area contributed by atoms with Gasteiger partial charge in [-0.2, -0.15) is 0 Å². The minimum absolute atomic E-state index is 0.133. The van der Waals surface area contributed by atoms with Crippen LogP contribution in [0.5, 0.6) is 5.75 Å². The van der Waals surface area contributed by atoms with E-state index in [2.05, 4.69) is 21.8 Å². The zero-order valence-corrected chi connectivity index (χ0v) is 28.9. The zero-order valence-electron chi connectivity index (χ0n) is 27.3. The topological polar surface area (TPSA) is 114 Å². The summed E-state index contributed by atoms with van der Waals surface area (Å²) in [4.78, 5) is 15.9.